The summed E-state index contributed by atoms with van der Waals surface area (Å²) in [5, 5.41) is 0.678. The van der Waals surface area contributed by atoms with Crippen LogP contribution in [0.1, 0.15) is 51.1 Å². The van der Waals surface area contributed by atoms with Gasteiger partial charge in [0.2, 0.25) is 0 Å². The fraction of sp³-hybridized carbons (Fsp3) is 0.344. The van der Waals surface area contributed by atoms with Crippen molar-refractivity contribution in [3.8, 4) is 11.5 Å². The van der Waals surface area contributed by atoms with Gasteiger partial charge >= 0.3 is 11.9 Å². The standard InChI is InChI=1S/C32H34ClNO7/c1-38-31(36)23-15-17-34(18-16-23)30(35)27-20-24(32(37)39-2)11-14-29(27)40-19-5-6-22-9-12-26(13-10-22)41-21-25-7-3-4-8-28(25)33/h3-4,7-14,20,23H,5-6,15-19,21H2,1-2H3. The number of nitrogens with zero attached hydrogens (tertiary/aromatic N) is 1. The Morgan fingerprint density at radius 2 is 1.63 bits per heavy atom. The zero-order valence-corrected chi connectivity index (χ0v) is 24.0. The third-order valence-electron chi connectivity index (χ3n) is 7.09. The van der Waals surface area contributed by atoms with Gasteiger partial charge in [0, 0.05) is 23.7 Å². The van der Waals surface area contributed by atoms with E-state index in [1.54, 1.807) is 17.0 Å². The average Bonchev–Trinajstić information content (AvgIpc) is 3.02. The number of halogens is 1. The Morgan fingerprint density at radius 1 is 0.902 bits per heavy atom. The fourth-order valence-electron chi connectivity index (χ4n) is 4.71. The molecule has 1 aliphatic rings. The summed E-state index contributed by atoms with van der Waals surface area (Å²) in [7, 11) is 2.67. The predicted molar refractivity (Wildman–Crippen MR) is 154 cm³/mol. The Kier molecular flexibility index (Phi) is 10.6. The second-order valence-corrected chi connectivity index (χ2v) is 10.2. The number of rotatable bonds is 11. The quantitative estimate of drug-likeness (QED) is 0.211. The molecule has 3 aromatic carbocycles. The first kappa shape index (κ1) is 29.9. The summed E-state index contributed by atoms with van der Waals surface area (Å²) in [6.07, 6.45) is 2.54. The zero-order chi connectivity index (χ0) is 29.2. The molecule has 1 fully saturated rings. The van der Waals surface area contributed by atoms with Crippen molar-refractivity contribution < 1.29 is 33.3 Å². The van der Waals surface area contributed by atoms with Crippen LogP contribution in [-0.2, 0) is 27.3 Å². The summed E-state index contributed by atoms with van der Waals surface area (Å²) in [6, 6.07) is 20.2. The van der Waals surface area contributed by atoms with Crippen LogP contribution in [0.3, 0.4) is 0 Å². The molecule has 0 aliphatic carbocycles. The molecular formula is C32H34ClNO7. The number of aryl methyl sites for hydroxylation is 1. The van der Waals surface area contributed by atoms with E-state index in [4.69, 9.17) is 30.5 Å². The van der Waals surface area contributed by atoms with Gasteiger partial charge in [0.1, 0.15) is 18.1 Å². The lowest BCUT2D eigenvalue weighted by Gasteiger charge is -2.31. The molecule has 1 saturated heterocycles. The van der Waals surface area contributed by atoms with Gasteiger partial charge < -0.3 is 23.8 Å². The van der Waals surface area contributed by atoms with Crippen molar-refractivity contribution in [1.29, 1.82) is 0 Å². The summed E-state index contributed by atoms with van der Waals surface area (Å²) < 4.78 is 21.6. The predicted octanol–water partition coefficient (Wildman–Crippen LogP) is 5.74. The van der Waals surface area contributed by atoms with E-state index in [0.29, 0.717) is 55.5 Å². The third-order valence-corrected chi connectivity index (χ3v) is 7.46. The summed E-state index contributed by atoms with van der Waals surface area (Å²) in [5.74, 6) is -0.0940. The first-order valence-electron chi connectivity index (χ1n) is 13.6. The van der Waals surface area contributed by atoms with Crippen LogP contribution in [0.25, 0.3) is 0 Å². The Bertz CT molecular complexity index is 1350. The minimum Gasteiger partial charge on any atom is -0.493 e. The highest BCUT2D eigenvalue weighted by molar-refractivity contribution is 6.31. The Labute approximate surface area is 245 Å². The van der Waals surface area contributed by atoms with Crippen LogP contribution in [0.4, 0.5) is 0 Å². The number of methoxy groups -OCH3 is 2. The first-order chi connectivity index (χ1) is 19.9. The molecule has 1 heterocycles. The summed E-state index contributed by atoms with van der Waals surface area (Å²) in [6.45, 7) is 1.61. The molecule has 216 valence electrons. The highest BCUT2D eigenvalue weighted by Crippen LogP contribution is 2.26. The van der Waals surface area contributed by atoms with E-state index >= 15 is 0 Å². The van der Waals surface area contributed by atoms with E-state index in [1.807, 2.05) is 48.5 Å². The van der Waals surface area contributed by atoms with Crippen LogP contribution >= 0.6 is 11.6 Å². The van der Waals surface area contributed by atoms with Crippen molar-refractivity contribution in [1.82, 2.24) is 4.90 Å². The molecule has 4 rings (SSSR count). The molecule has 1 aliphatic heterocycles. The number of esters is 2. The Hall–Kier alpha value is -4.04. The minimum atomic E-state index is -0.533. The second kappa shape index (κ2) is 14.6. The molecule has 8 nitrogen and oxygen atoms in total. The van der Waals surface area contributed by atoms with Crippen LogP contribution in [0.2, 0.25) is 5.02 Å². The van der Waals surface area contributed by atoms with E-state index in [2.05, 4.69) is 0 Å². The van der Waals surface area contributed by atoms with Gasteiger partial charge in [-0.2, -0.15) is 0 Å². The van der Waals surface area contributed by atoms with Gasteiger partial charge in [-0.15, -0.1) is 0 Å². The van der Waals surface area contributed by atoms with Gasteiger partial charge in [-0.1, -0.05) is 41.9 Å². The number of carbonyl (C=O) groups is 3. The van der Waals surface area contributed by atoms with Gasteiger partial charge in [0.25, 0.3) is 5.91 Å². The SMILES string of the molecule is COC(=O)c1ccc(OCCCc2ccc(OCc3ccccc3Cl)cc2)c(C(=O)N2CCC(C(=O)OC)CC2)c1. The maximum atomic E-state index is 13.4. The normalized spacial score (nSPS) is 13.4. The number of amides is 1. The lowest BCUT2D eigenvalue weighted by molar-refractivity contribution is -0.146. The number of piperidine rings is 1. The van der Waals surface area contributed by atoms with E-state index in [0.717, 1.165) is 29.7 Å². The summed E-state index contributed by atoms with van der Waals surface area (Å²) >= 11 is 6.20. The van der Waals surface area contributed by atoms with Gasteiger partial charge in [0.05, 0.1) is 37.9 Å². The fourth-order valence-corrected chi connectivity index (χ4v) is 4.90. The van der Waals surface area contributed by atoms with E-state index in [9.17, 15) is 14.4 Å². The molecule has 1 amide bonds. The van der Waals surface area contributed by atoms with Crippen molar-refractivity contribution in [3.05, 3.63) is 94.0 Å². The molecule has 0 N–H and O–H groups in total. The molecule has 0 radical (unpaired) electrons. The molecule has 41 heavy (non-hydrogen) atoms. The van der Waals surface area contributed by atoms with E-state index in [-0.39, 0.29) is 23.4 Å². The molecule has 0 aromatic heterocycles. The van der Waals surface area contributed by atoms with Crippen molar-refractivity contribution in [2.45, 2.75) is 32.3 Å². The molecule has 0 unspecified atom stereocenters. The van der Waals surface area contributed by atoms with Crippen LogP contribution < -0.4 is 9.47 Å². The Morgan fingerprint density at radius 3 is 2.32 bits per heavy atom. The molecule has 0 saturated carbocycles. The molecule has 0 bridgehead atoms. The maximum Gasteiger partial charge on any atom is 0.337 e. The monoisotopic (exact) mass is 579 g/mol. The molecule has 0 spiro atoms. The third kappa shape index (κ3) is 8.01. The number of carbonyl (C=O) groups excluding carboxylic acids is 3. The van der Waals surface area contributed by atoms with Gasteiger partial charge in [-0.3, -0.25) is 9.59 Å². The summed E-state index contributed by atoms with van der Waals surface area (Å²) in [5.41, 5.74) is 2.62. The van der Waals surface area contributed by atoms with Crippen LogP contribution in [-0.4, -0.2) is 56.7 Å². The minimum absolute atomic E-state index is 0.218. The van der Waals surface area contributed by atoms with E-state index < -0.39 is 5.97 Å². The molecule has 0 atom stereocenters. The van der Waals surface area contributed by atoms with Gasteiger partial charge in [-0.05, 0) is 67.6 Å². The topological polar surface area (TPSA) is 91.4 Å². The number of hydrogen-bond acceptors (Lipinski definition) is 7. The largest absolute Gasteiger partial charge is 0.493 e. The van der Waals surface area contributed by atoms with Gasteiger partial charge in [-0.25, -0.2) is 4.79 Å². The number of hydrogen-bond donors (Lipinski definition) is 0. The van der Waals surface area contributed by atoms with Crippen LogP contribution in [0, 0.1) is 5.92 Å². The van der Waals surface area contributed by atoms with Crippen molar-refractivity contribution >= 4 is 29.4 Å². The first-order valence-corrected chi connectivity index (χ1v) is 13.9. The van der Waals surface area contributed by atoms with Crippen molar-refractivity contribution in [2.75, 3.05) is 33.9 Å². The van der Waals surface area contributed by atoms with Crippen molar-refractivity contribution in [3.63, 3.8) is 0 Å². The van der Waals surface area contributed by atoms with Crippen LogP contribution in [0.5, 0.6) is 11.5 Å². The molecular weight excluding hydrogens is 546 g/mol. The smallest absolute Gasteiger partial charge is 0.337 e. The number of benzene rings is 3. The lowest BCUT2D eigenvalue weighted by atomic mass is 9.96. The number of ether oxygens (including phenoxy) is 4. The van der Waals surface area contributed by atoms with Crippen LogP contribution in [0.15, 0.2) is 66.7 Å². The maximum absolute atomic E-state index is 13.4. The number of likely N-dealkylation sites (tertiary alicyclic amines) is 1. The lowest BCUT2D eigenvalue weighted by Crippen LogP contribution is -2.40. The highest BCUT2D eigenvalue weighted by Gasteiger charge is 2.30. The zero-order valence-electron chi connectivity index (χ0n) is 23.3. The van der Waals surface area contributed by atoms with Crippen molar-refractivity contribution in [2.24, 2.45) is 5.92 Å². The second-order valence-electron chi connectivity index (χ2n) is 9.77. The van der Waals surface area contributed by atoms with E-state index in [1.165, 1.54) is 20.3 Å². The molecule has 9 heteroatoms. The Balaban J connectivity index is 1.33. The highest BCUT2D eigenvalue weighted by atomic mass is 35.5. The molecule has 3 aromatic rings. The summed E-state index contributed by atoms with van der Waals surface area (Å²) in [4.78, 5) is 39.1. The average molecular weight is 580 g/mol. The van der Waals surface area contributed by atoms with Gasteiger partial charge in [0.15, 0.2) is 0 Å².